The van der Waals surface area contributed by atoms with E-state index in [1.165, 1.54) is 0 Å². The Morgan fingerprint density at radius 2 is 2.00 bits per heavy atom. The van der Waals surface area contributed by atoms with Crippen LogP contribution in [0.3, 0.4) is 0 Å². The van der Waals surface area contributed by atoms with Crippen molar-refractivity contribution in [3.05, 3.63) is 39.5 Å². The number of aromatic nitrogens is 1. The number of pyridine rings is 1. The van der Waals surface area contributed by atoms with Crippen LogP contribution in [-0.2, 0) is 6.42 Å². The van der Waals surface area contributed by atoms with Gasteiger partial charge in [-0.05, 0) is 37.7 Å². The van der Waals surface area contributed by atoms with Crippen molar-refractivity contribution in [3.8, 4) is 0 Å². The Labute approximate surface area is 111 Å². The molecule has 0 saturated heterocycles. The van der Waals surface area contributed by atoms with Crippen LogP contribution in [0.5, 0.6) is 0 Å². The number of hydrogen-bond donors (Lipinski definition) is 1. The fourth-order valence-corrected chi connectivity index (χ4v) is 2.37. The third-order valence-corrected chi connectivity index (χ3v) is 3.29. The Kier molecular flexibility index (Phi) is 3.87. The lowest BCUT2D eigenvalue weighted by Crippen LogP contribution is -2.12. The molecule has 1 N–H and O–H groups in total. The zero-order chi connectivity index (χ0) is 12.4. The molecule has 0 radical (unpaired) electrons. The van der Waals surface area contributed by atoms with Gasteiger partial charge in [0.05, 0.1) is 10.5 Å². The molecule has 1 aromatic carbocycles. The van der Waals surface area contributed by atoms with E-state index in [1.54, 1.807) is 6.07 Å². The minimum atomic E-state index is 0.624. The summed E-state index contributed by atoms with van der Waals surface area (Å²) < 4.78 is 0. The first-order chi connectivity index (χ1) is 8.11. The molecule has 90 valence electrons. The lowest BCUT2D eigenvalue weighted by atomic mass is 10.1. The zero-order valence-corrected chi connectivity index (χ0v) is 11.4. The smallest absolute Gasteiger partial charge is 0.0735 e. The molecule has 4 heteroatoms. The highest BCUT2D eigenvalue weighted by atomic mass is 35.5. The van der Waals surface area contributed by atoms with Crippen LogP contribution in [0.2, 0.25) is 10.0 Å². The molecule has 0 bridgehead atoms. The number of likely N-dealkylation sites (N-methyl/N-ethyl adjacent to an activating group) is 1. The van der Waals surface area contributed by atoms with E-state index in [9.17, 15) is 0 Å². The van der Waals surface area contributed by atoms with E-state index in [-0.39, 0.29) is 0 Å². The third-order valence-electron chi connectivity index (χ3n) is 2.76. The highest BCUT2D eigenvalue weighted by Crippen LogP contribution is 2.28. The van der Waals surface area contributed by atoms with Crippen LogP contribution in [0.15, 0.2) is 18.2 Å². The lowest BCUT2D eigenvalue weighted by molar-refractivity contribution is 0.775. The first-order valence-electron chi connectivity index (χ1n) is 5.51. The SMILES string of the molecule is CNCCc1nc2cc(Cl)cc(Cl)c2cc1C. The minimum absolute atomic E-state index is 0.624. The molecule has 0 aliphatic carbocycles. The molecule has 1 aromatic heterocycles. The molecular weight excluding hydrogens is 255 g/mol. The van der Waals surface area contributed by atoms with Gasteiger partial charge in [-0.1, -0.05) is 23.2 Å². The molecule has 0 spiro atoms. The molecule has 17 heavy (non-hydrogen) atoms. The van der Waals surface area contributed by atoms with Gasteiger partial charge < -0.3 is 5.32 Å². The number of hydrogen-bond acceptors (Lipinski definition) is 2. The Hall–Kier alpha value is -0.830. The Morgan fingerprint density at radius 1 is 1.24 bits per heavy atom. The van der Waals surface area contributed by atoms with Gasteiger partial charge in [0.25, 0.3) is 0 Å². The molecule has 1 heterocycles. The molecule has 0 fully saturated rings. The maximum Gasteiger partial charge on any atom is 0.0735 e. The highest BCUT2D eigenvalue weighted by molar-refractivity contribution is 6.38. The van der Waals surface area contributed by atoms with Crippen LogP contribution in [0.1, 0.15) is 11.3 Å². The normalized spacial score (nSPS) is 11.1. The van der Waals surface area contributed by atoms with Crippen LogP contribution in [0, 0.1) is 6.92 Å². The number of halogens is 2. The minimum Gasteiger partial charge on any atom is -0.319 e. The molecule has 0 aliphatic rings. The summed E-state index contributed by atoms with van der Waals surface area (Å²) in [6.45, 7) is 2.97. The van der Waals surface area contributed by atoms with Crippen molar-refractivity contribution in [1.29, 1.82) is 0 Å². The number of nitrogens with zero attached hydrogens (tertiary/aromatic N) is 1. The molecule has 0 amide bonds. The van der Waals surface area contributed by atoms with Crippen LogP contribution >= 0.6 is 23.2 Å². The zero-order valence-electron chi connectivity index (χ0n) is 9.85. The summed E-state index contributed by atoms with van der Waals surface area (Å²) in [5, 5.41) is 5.36. The van der Waals surface area contributed by atoms with Gasteiger partial charge in [-0.15, -0.1) is 0 Å². The second-order valence-corrected chi connectivity index (χ2v) is 4.90. The van der Waals surface area contributed by atoms with E-state index in [0.29, 0.717) is 10.0 Å². The Bertz CT molecular complexity index is 553. The first-order valence-corrected chi connectivity index (χ1v) is 6.27. The van der Waals surface area contributed by atoms with Gasteiger partial charge in [-0.3, -0.25) is 4.98 Å². The van der Waals surface area contributed by atoms with E-state index < -0.39 is 0 Å². The van der Waals surface area contributed by atoms with Crippen LogP contribution < -0.4 is 5.32 Å². The average Bonchev–Trinajstić information content (AvgIpc) is 2.27. The van der Waals surface area contributed by atoms with E-state index in [1.807, 2.05) is 13.1 Å². The first kappa shape index (κ1) is 12.6. The maximum absolute atomic E-state index is 6.15. The summed E-state index contributed by atoms with van der Waals surface area (Å²) >= 11 is 12.1. The predicted molar refractivity (Wildman–Crippen MR) is 74.1 cm³/mol. The van der Waals surface area contributed by atoms with Gasteiger partial charge in [0.2, 0.25) is 0 Å². The van der Waals surface area contributed by atoms with Gasteiger partial charge in [0, 0.05) is 29.1 Å². The summed E-state index contributed by atoms with van der Waals surface area (Å²) in [7, 11) is 1.93. The van der Waals surface area contributed by atoms with Crippen molar-refractivity contribution in [1.82, 2.24) is 10.3 Å². The second-order valence-electron chi connectivity index (χ2n) is 4.06. The summed E-state index contributed by atoms with van der Waals surface area (Å²) in [6, 6.07) is 5.68. The largest absolute Gasteiger partial charge is 0.319 e. The number of rotatable bonds is 3. The van der Waals surface area contributed by atoms with Gasteiger partial charge in [-0.25, -0.2) is 0 Å². The van der Waals surface area contributed by atoms with Crippen molar-refractivity contribution in [3.63, 3.8) is 0 Å². The fraction of sp³-hybridized carbons (Fsp3) is 0.308. The van der Waals surface area contributed by atoms with Crippen LogP contribution in [-0.4, -0.2) is 18.6 Å². The molecule has 0 unspecified atom stereocenters. The topological polar surface area (TPSA) is 24.9 Å². The molecule has 0 saturated carbocycles. The molecule has 0 atom stereocenters. The predicted octanol–water partition coefficient (Wildman–Crippen LogP) is 3.61. The maximum atomic E-state index is 6.15. The third kappa shape index (κ3) is 2.71. The Morgan fingerprint density at radius 3 is 2.71 bits per heavy atom. The second kappa shape index (κ2) is 5.21. The quantitative estimate of drug-likeness (QED) is 0.920. The number of nitrogens with one attached hydrogen (secondary N) is 1. The number of benzene rings is 1. The molecule has 2 aromatic rings. The summed E-state index contributed by atoms with van der Waals surface area (Å²) in [6.07, 6.45) is 0.905. The van der Waals surface area contributed by atoms with E-state index >= 15 is 0 Å². The molecule has 2 rings (SSSR count). The molecule has 2 nitrogen and oxygen atoms in total. The lowest BCUT2D eigenvalue weighted by Gasteiger charge is -2.08. The molecule has 0 aliphatic heterocycles. The summed E-state index contributed by atoms with van der Waals surface area (Å²) in [5.74, 6) is 0. The fourth-order valence-electron chi connectivity index (χ4n) is 1.84. The van der Waals surface area contributed by atoms with Crippen molar-refractivity contribution in [2.75, 3.05) is 13.6 Å². The highest BCUT2D eigenvalue weighted by Gasteiger charge is 2.07. The average molecular weight is 269 g/mol. The van der Waals surface area contributed by atoms with Gasteiger partial charge >= 0.3 is 0 Å². The number of aryl methyl sites for hydroxylation is 1. The molecular formula is C13H14Cl2N2. The van der Waals surface area contributed by atoms with Crippen molar-refractivity contribution < 1.29 is 0 Å². The van der Waals surface area contributed by atoms with Crippen molar-refractivity contribution >= 4 is 34.1 Å². The van der Waals surface area contributed by atoms with Gasteiger partial charge in [0.1, 0.15) is 0 Å². The Balaban J connectivity index is 2.55. The van der Waals surface area contributed by atoms with Crippen LogP contribution in [0.4, 0.5) is 0 Å². The van der Waals surface area contributed by atoms with Gasteiger partial charge in [0.15, 0.2) is 0 Å². The number of fused-ring (bicyclic) bond motifs is 1. The van der Waals surface area contributed by atoms with E-state index in [2.05, 4.69) is 23.3 Å². The van der Waals surface area contributed by atoms with E-state index in [4.69, 9.17) is 23.2 Å². The summed E-state index contributed by atoms with van der Waals surface area (Å²) in [5.41, 5.74) is 3.11. The monoisotopic (exact) mass is 268 g/mol. The standard InChI is InChI=1S/C13H14Cl2N2/c1-8-5-10-11(15)6-9(14)7-13(10)17-12(8)3-4-16-2/h5-7,16H,3-4H2,1-2H3. The van der Waals surface area contributed by atoms with Crippen molar-refractivity contribution in [2.24, 2.45) is 0 Å². The van der Waals surface area contributed by atoms with Gasteiger partial charge in [-0.2, -0.15) is 0 Å². The van der Waals surface area contributed by atoms with Crippen LogP contribution in [0.25, 0.3) is 10.9 Å². The van der Waals surface area contributed by atoms with E-state index in [0.717, 1.165) is 35.1 Å². The summed E-state index contributed by atoms with van der Waals surface area (Å²) in [4.78, 5) is 4.63. The van der Waals surface area contributed by atoms with Crippen molar-refractivity contribution in [2.45, 2.75) is 13.3 Å².